The first kappa shape index (κ1) is 19.2. The quantitative estimate of drug-likeness (QED) is 0.654. The zero-order valence-corrected chi connectivity index (χ0v) is 15.5. The molecule has 1 aromatic heterocycles. The summed E-state index contributed by atoms with van der Waals surface area (Å²) in [6.07, 6.45) is 2.65. The smallest absolute Gasteiger partial charge is 0.411 e. The summed E-state index contributed by atoms with van der Waals surface area (Å²) in [6, 6.07) is 15.0. The van der Waals surface area contributed by atoms with E-state index in [1.54, 1.807) is 12.1 Å². The van der Waals surface area contributed by atoms with Crippen LogP contribution in [-0.2, 0) is 29.1 Å². The number of carbonyl (C=O) groups is 2. The number of hydrogen-bond acceptors (Lipinski definition) is 5. The second-order valence-electron chi connectivity index (χ2n) is 6.37. The molecule has 0 atom stereocenters. The highest BCUT2D eigenvalue weighted by Gasteiger charge is 2.06. The SMILES string of the molecule is Cc1ccc(COC(=O)Nc2ccc(CNC(=O)Cc3cnoc3)cc2)cc1. The van der Waals surface area contributed by atoms with E-state index in [-0.39, 0.29) is 18.9 Å². The van der Waals surface area contributed by atoms with Crippen LogP contribution in [-0.4, -0.2) is 17.2 Å². The zero-order chi connectivity index (χ0) is 19.8. The number of aryl methyl sites for hydroxylation is 1. The number of nitrogens with one attached hydrogen (secondary N) is 2. The normalized spacial score (nSPS) is 10.3. The highest BCUT2D eigenvalue weighted by atomic mass is 16.5. The van der Waals surface area contributed by atoms with E-state index in [4.69, 9.17) is 9.26 Å². The van der Waals surface area contributed by atoms with Gasteiger partial charge in [-0.1, -0.05) is 47.1 Å². The van der Waals surface area contributed by atoms with Crippen LogP contribution in [0.2, 0.25) is 0 Å². The van der Waals surface area contributed by atoms with Crippen molar-refractivity contribution in [2.24, 2.45) is 0 Å². The molecule has 2 aromatic carbocycles. The summed E-state index contributed by atoms with van der Waals surface area (Å²) >= 11 is 0. The number of nitrogens with zero attached hydrogens (tertiary/aromatic N) is 1. The molecule has 0 bridgehead atoms. The topological polar surface area (TPSA) is 93.5 Å². The van der Waals surface area contributed by atoms with Crippen molar-refractivity contribution in [2.45, 2.75) is 26.5 Å². The molecule has 0 aliphatic rings. The largest absolute Gasteiger partial charge is 0.444 e. The summed E-state index contributed by atoms with van der Waals surface area (Å²) < 4.78 is 9.91. The molecule has 3 rings (SSSR count). The van der Waals surface area contributed by atoms with E-state index in [9.17, 15) is 9.59 Å². The van der Waals surface area contributed by atoms with Crippen LogP contribution in [0.1, 0.15) is 22.3 Å². The first-order valence-electron chi connectivity index (χ1n) is 8.82. The Balaban J connectivity index is 1.41. The predicted octanol–water partition coefficient (Wildman–Crippen LogP) is 3.59. The summed E-state index contributed by atoms with van der Waals surface area (Å²) in [5, 5.41) is 9.06. The van der Waals surface area contributed by atoms with Crippen molar-refractivity contribution < 1.29 is 18.8 Å². The molecule has 2 N–H and O–H groups in total. The van der Waals surface area contributed by atoms with Crippen molar-refractivity contribution in [2.75, 3.05) is 5.32 Å². The number of rotatable bonds is 7. The average Bonchev–Trinajstić information content (AvgIpc) is 3.20. The number of ether oxygens (including phenoxy) is 1. The fraction of sp³-hybridized carbons (Fsp3) is 0.190. The lowest BCUT2D eigenvalue weighted by molar-refractivity contribution is -0.120. The Hall–Kier alpha value is -3.61. The molecular formula is C21H21N3O4. The minimum Gasteiger partial charge on any atom is -0.444 e. The summed E-state index contributed by atoms with van der Waals surface area (Å²) in [5.74, 6) is -0.120. The lowest BCUT2D eigenvalue weighted by Gasteiger charge is -2.09. The summed E-state index contributed by atoms with van der Waals surface area (Å²) in [7, 11) is 0. The van der Waals surface area contributed by atoms with Gasteiger partial charge in [0.15, 0.2) is 0 Å². The molecule has 0 saturated heterocycles. The minimum absolute atomic E-state index is 0.120. The number of anilines is 1. The standard InChI is InChI=1S/C21H21N3O4/c1-15-2-4-17(5-3-15)13-27-21(26)24-19-8-6-16(7-9-19)11-22-20(25)10-18-12-23-28-14-18/h2-9,12,14H,10-11,13H2,1H3,(H,22,25)(H,24,26). The van der Waals surface area contributed by atoms with Crippen LogP contribution < -0.4 is 10.6 Å². The average molecular weight is 379 g/mol. The molecule has 0 fully saturated rings. The van der Waals surface area contributed by atoms with Gasteiger partial charge in [0.2, 0.25) is 5.91 Å². The Kier molecular flexibility index (Phi) is 6.41. The van der Waals surface area contributed by atoms with Crippen LogP contribution in [0, 0.1) is 6.92 Å². The van der Waals surface area contributed by atoms with E-state index in [2.05, 4.69) is 15.8 Å². The van der Waals surface area contributed by atoms with Crippen molar-refractivity contribution >= 4 is 17.7 Å². The monoisotopic (exact) mass is 379 g/mol. The number of hydrogen-bond donors (Lipinski definition) is 2. The highest BCUT2D eigenvalue weighted by molar-refractivity contribution is 5.84. The Morgan fingerprint density at radius 2 is 1.71 bits per heavy atom. The lowest BCUT2D eigenvalue weighted by atomic mass is 10.2. The van der Waals surface area contributed by atoms with Crippen molar-refractivity contribution in [1.29, 1.82) is 0 Å². The van der Waals surface area contributed by atoms with Crippen LogP contribution in [0.3, 0.4) is 0 Å². The van der Waals surface area contributed by atoms with Gasteiger partial charge in [0.1, 0.15) is 12.9 Å². The molecule has 3 aromatic rings. The summed E-state index contributed by atoms with van der Waals surface area (Å²) in [4.78, 5) is 23.8. The van der Waals surface area contributed by atoms with E-state index in [0.717, 1.165) is 22.3 Å². The number of carbonyl (C=O) groups excluding carboxylic acids is 2. The lowest BCUT2D eigenvalue weighted by Crippen LogP contribution is -2.24. The van der Waals surface area contributed by atoms with Crippen molar-refractivity contribution in [3.05, 3.63) is 83.2 Å². The molecule has 0 radical (unpaired) electrons. The Bertz CT molecular complexity index is 904. The number of benzene rings is 2. The maximum Gasteiger partial charge on any atom is 0.411 e. The summed E-state index contributed by atoms with van der Waals surface area (Å²) in [6.45, 7) is 2.61. The van der Waals surface area contributed by atoms with Gasteiger partial charge in [0.05, 0.1) is 12.6 Å². The van der Waals surface area contributed by atoms with Crippen LogP contribution in [0.25, 0.3) is 0 Å². The third kappa shape index (κ3) is 5.98. The molecule has 0 unspecified atom stereocenters. The third-order valence-corrected chi connectivity index (χ3v) is 4.03. The van der Waals surface area contributed by atoms with Crippen LogP contribution in [0.15, 0.2) is 65.5 Å². The van der Waals surface area contributed by atoms with Gasteiger partial charge >= 0.3 is 6.09 Å². The van der Waals surface area contributed by atoms with Gasteiger partial charge in [-0.25, -0.2) is 4.79 Å². The Morgan fingerprint density at radius 1 is 1.00 bits per heavy atom. The predicted molar refractivity (Wildman–Crippen MR) is 103 cm³/mol. The molecule has 0 saturated carbocycles. The second kappa shape index (κ2) is 9.36. The molecule has 1 heterocycles. The molecule has 28 heavy (non-hydrogen) atoms. The fourth-order valence-electron chi connectivity index (χ4n) is 2.46. The van der Waals surface area contributed by atoms with Gasteiger partial charge in [-0.2, -0.15) is 0 Å². The first-order valence-corrected chi connectivity index (χ1v) is 8.82. The van der Waals surface area contributed by atoms with Crippen molar-refractivity contribution in [3.63, 3.8) is 0 Å². The van der Waals surface area contributed by atoms with Crippen LogP contribution in [0.4, 0.5) is 10.5 Å². The van der Waals surface area contributed by atoms with Crippen molar-refractivity contribution in [3.8, 4) is 0 Å². The van der Waals surface area contributed by atoms with Gasteiger partial charge in [-0.05, 0) is 30.2 Å². The second-order valence-corrected chi connectivity index (χ2v) is 6.37. The molecule has 144 valence electrons. The number of amides is 2. The maximum absolute atomic E-state index is 11.9. The zero-order valence-electron chi connectivity index (χ0n) is 15.5. The van der Waals surface area contributed by atoms with Gasteiger partial charge in [-0.3, -0.25) is 10.1 Å². The number of aromatic nitrogens is 1. The third-order valence-electron chi connectivity index (χ3n) is 4.03. The Morgan fingerprint density at radius 3 is 2.39 bits per heavy atom. The van der Waals surface area contributed by atoms with E-state index in [1.165, 1.54) is 12.5 Å². The van der Waals surface area contributed by atoms with E-state index in [1.807, 2.05) is 43.3 Å². The van der Waals surface area contributed by atoms with Gasteiger partial charge in [-0.15, -0.1) is 0 Å². The van der Waals surface area contributed by atoms with Crippen LogP contribution >= 0.6 is 0 Å². The highest BCUT2D eigenvalue weighted by Crippen LogP contribution is 2.11. The van der Waals surface area contributed by atoms with E-state index in [0.29, 0.717) is 12.2 Å². The molecule has 0 aliphatic heterocycles. The van der Waals surface area contributed by atoms with Gasteiger partial charge < -0.3 is 14.6 Å². The van der Waals surface area contributed by atoms with E-state index >= 15 is 0 Å². The van der Waals surface area contributed by atoms with Crippen LogP contribution in [0.5, 0.6) is 0 Å². The minimum atomic E-state index is -0.518. The molecule has 0 spiro atoms. The van der Waals surface area contributed by atoms with Crippen molar-refractivity contribution in [1.82, 2.24) is 10.5 Å². The maximum atomic E-state index is 11.9. The first-order chi connectivity index (χ1) is 13.6. The van der Waals surface area contributed by atoms with Gasteiger partial charge in [0, 0.05) is 17.8 Å². The van der Waals surface area contributed by atoms with Gasteiger partial charge in [0.25, 0.3) is 0 Å². The molecular weight excluding hydrogens is 358 g/mol. The fourth-order valence-corrected chi connectivity index (χ4v) is 2.46. The molecule has 7 nitrogen and oxygen atoms in total. The molecule has 0 aliphatic carbocycles. The molecule has 7 heteroatoms. The molecule has 2 amide bonds. The Labute approximate surface area is 162 Å². The summed E-state index contributed by atoms with van der Waals surface area (Å²) in [5.41, 5.74) is 4.34. The van der Waals surface area contributed by atoms with E-state index < -0.39 is 6.09 Å².